The minimum absolute atomic E-state index is 0.348. The van der Waals surface area contributed by atoms with E-state index in [-0.39, 0.29) is 0 Å². The van der Waals surface area contributed by atoms with E-state index >= 15 is 0 Å². The van der Waals surface area contributed by atoms with Gasteiger partial charge in [-0.3, -0.25) is 0 Å². The maximum atomic E-state index is 10.4. The number of aryl methyl sites for hydroxylation is 1. The number of rotatable bonds is 7. The highest BCUT2D eigenvalue weighted by Gasteiger charge is 2.30. The quantitative estimate of drug-likeness (QED) is 0.286. The minimum atomic E-state index is -0.810. The molecule has 5 N–H and O–H groups in total. The molecule has 194 valence electrons. The molecule has 2 atom stereocenters. The molecule has 0 saturated carbocycles. The zero-order chi connectivity index (χ0) is 26.3. The summed E-state index contributed by atoms with van der Waals surface area (Å²) < 4.78 is 2.09. The monoisotopic (exact) mass is 501 g/mol. The number of anilines is 4. The normalized spacial score (nSPS) is 17.3. The second kappa shape index (κ2) is 10.0. The molecule has 0 radical (unpaired) electrons. The van der Waals surface area contributed by atoms with Gasteiger partial charge in [0.05, 0.1) is 35.8 Å². The van der Waals surface area contributed by atoms with Crippen LogP contribution < -0.4 is 16.0 Å². The van der Waals surface area contributed by atoms with Crippen LogP contribution >= 0.6 is 0 Å². The van der Waals surface area contributed by atoms with Gasteiger partial charge in [0, 0.05) is 60.6 Å². The van der Waals surface area contributed by atoms with Gasteiger partial charge in [-0.05, 0) is 50.8 Å². The number of benzene rings is 2. The van der Waals surface area contributed by atoms with Crippen molar-refractivity contribution in [2.24, 2.45) is 0 Å². The van der Waals surface area contributed by atoms with Crippen LogP contribution in [0, 0.1) is 6.92 Å². The van der Waals surface area contributed by atoms with Crippen LogP contribution in [-0.2, 0) is 13.0 Å². The van der Waals surface area contributed by atoms with Crippen molar-refractivity contribution in [3.63, 3.8) is 0 Å². The molecule has 4 aromatic rings. The second-order valence-corrected chi connectivity index (χ2v) is 10.1. The van der Waals surface area contributed by atoms with Crippen molar-refractivity contribution in [2.75, 3.05) is 50.2 Å². The predicted molar refractivity (Wildman–Crippen MR) is 149 cm³/mol. The Labute approximate surface area is 217 Å². The molecule has 5 rings (SSSR count). The van der Waals surface area contributed by atoms with E-state index in [1.807, 2.05) is 44.3 Å². The molecule has 0 bridgehead atoms. The highest BCUT2D eigenvalue weighted by atomic mass is 16.3. The molecular weight excluding hydrogens is 466 g/mol. The molecule has 0 aliphatic carbocycles. The molecule has 2 unspecified atom stereocenters. The first kappa shape index (κ1) is 25.0. The molecule has 0 saturated heterocycles. The highest BCUT2D eigenvalue weighted by molar-refractivity contribution is 5.97. The summed E-state index contributed by atoms with van der Waals surface area (Å²) in [5, 5.41) is 25.1. The van der Waals surface area contributed by atoms with E-state index in [1.54, 1.807) is 6.20 Å². The third-order valence-corrected chi connectivity index (χ3v) is 7.12. The Hall–Kier alpha value is -3.66. The van der Waals surface area contributed by atoms with E-state index in [2.05, 4.69) is 50.9 Å². The summed E-state index contributed by atoms with van der Waals surface area (Å²) in [7, 11) is 6.16. The fourth-order valence-electron chi connectivity index (χ4n) is 5.03. The lowest BCUT2D eigenvalue weighted by atomic mass is 9.99. The molecule has 2 aromatic heterocycles. The third-order valence-electron chi connectivity index (χ3n) is 7.12. The molecule has 9 heteroatoms. The van der Waals surface area contributed by atoms with Crippen molar-refractivity contribution >= 4 is 33.9 Å². The van der Waals surface area contributed by atoms with Crippen LogP contribution in [-0.4, -0.2) is 76.1 Å². The lowest BCUT2D eigenvalue weighted by Gasteiger charge is -2.27. The van der Waals surface area contributed by atoms with Crippen molar-refractivity contribution in [3.05, 3.63) is 59.9 Å². The van der Waals surface area contributed by atoms with Crippen molar-refractivity contribution in [3.8, 4) is 11.3 Å². The number of aliphatic hydroxyl groups is 2. The number of hydrogen-bond acceptors (Lipinski definition) is 8. The maximum absolute atomic E-state index is 10.4. The van der Waals surface area contributed by atoms with Crippen molar-refractivity contribution in [1.82, 2.24) is 19.4 Å². The van der Waals surface area contributed by atoms with Crippen LogP contribution in [0.1, 0.15) is 11.3 Å². The predicted octanol–water partition coefficient (Wildman–Crippen LogP) is 3.01. The number of para-hydroxylation sites is 1. The van der Waals surface area contributed by atoms with Gasteiger partial charge in [0.2, 0.25) is 5.95 Å². The summed E-state index contributed by atoms with van der Waals surface area (Å²) in [6, 6.07) is 14.0. The summed E-state index contributed by atoms with van der Waals surface area (Å²) in [6.07, 6.45) is 0.489. The van der Waals surface area contributed by atoms with Crippen LogP contribution in [0.25, 0.3) is 22.2 Å². The third kappa shape index (κ3) is 4.85. The molecule has 9 nitrogen and oxygen atoms in total. The molecule has 0 spiro atoms. The van der Waals surface area contributed by atoms with Crippen LogP contribution in [0.5, 0.6) is 0 Å². The van der Waals surface area contributed by atoms with Crippen molar-refractivity contribution < 1.29 is 10.2 Å². The Morgan fingerprint density at radius 1 is 1.08 bits per heavy atom. The highest BCUT2D eigenvalue weighted by Crippen LogP contribution is 2.38. The summed E-state index contributed by atoms with van der Waals surface area (Å²) in [5.74, 6) is 0.467. The van der Waals surface area contributed by atoms with Gasteiger partial charge >= 0.3 is 0 Å². The maximum Gasteiger partial charge on any atom is 0.227 e. The lowest BCUT2D eigenvalue weighted by Crippen LogP contribution is -2.37. The fraction of sp³-hybridized carbons (Fsp3) is 0.357. The largest absolute Gasteiger partial charge is 0.397 e. The molecule has 0 amide bonds. The Morgan fingerprint density at radius 2 is 1.86 bits per heavy atom. The molecular formula is C28H35N7O2. The number of aromatic nitrogens is 3. The molecule has 0 fully saturated rings. The smallest absolute Gasteiger partial charge is 0.227 e. The Kier molecular flexibility index (Phi) is 6.76. The Bertz CT molecular complexity index is 1430. The van der Waals surface area contributed by atoms with Crippen molar-refractivity contribution in [2.45, 2.75) is 32.1 Å². The Balaban J connectivity index is 1.48. The van der Waals surface area contributed by atoms with Gasteiger partial charge < -0.3 is 35.6 Å². The molecule has 3 heterocycles. The van der Waals surface area contributed by atoms with Gasteiger partial charge in [-0.15, -0.1) is 0 Å². The van der Waals surface area contributed by atoms with Gasteiger partial charge in [-0.2, -0.15) is 0 Å². The molecule has 37 heavy (non-hydrogen) atoms. The van der Waals surface area contributed by atoms with E-state index in [4.69, 9.17) is 10.7 Å². The average Bonchev–Trinajstić information content (AvgIpc) is 3.18. The number of nitrogens with zero attached hydrogens (tertiary/aromatic N) is 5. The minimum Gasteiger partial charge on any atom is -0.397 e. The summed E-state index contributed by atoms with van der Waals surface area (Å²) in [5.41, 5.74) is 13.7. The Morgan fingerprint density at radius 3 is 2.65 bits per heavy atom. The molecule has 2 aromatic carbocycles. The first-order valence-corrected chi connectivity index (χ1v) is 12.6. The number of nitrogens with one attached hydrogen (secondary N) is 1. The topological polar surface area (TPSA) is 116 Å². The second-order valence-electron chi connectivity index (χ2n) is 10.1. The van der Waals surface area contributed by atoms with E-state index in [1.165, 1.54) is 0 Å². The molecule has 1 aliphatic rings. The van der Waals surface area contributed by atoms with Gasteiger partial charge in [0.1, 0.15) is 0 Å². The number of hydrogen-bond donors (Lipinski definition) is 4. The van der Waals surface area contributed by atoms with Crippen LogP contribution in [0.2, 0.25) is 0 Å². The lowest BCUT2D eigenvalue weighted by molar-refractivity contribution is -0.00156. The van der Waals surface area contributed by atoms with Crippen molar-refractivity contribution in [1.29, 1.82) is 0 Å². The molecule has 1 aliphatic heterocycles. The van der Waals surface area contributed by atoms with Crippen LogP contribution in [0.4, 0.5) is 23.0 Å². The van der Waals surface area contributed by atoms with Gasteiger partial charge in [-0.25, -0.2) is 9.97 Å². The first-order chi connectivity index (χ1) is 17.7. The number of nitrogen functional groups attached to an aromatic ring is 1. The number of nitrogens with two attached hydrogens (primary N) is 1. The zero-order valence-electron chi connectivity index (χ0n) is 21.8. The van der Waals surface area contributed by atoms with E-state index in [0.29, 0.717) is 24.6 Å². The van der Waals surface area contributed by atoms with Crippen LogP contribution in [0.3, 0.4) is 0 Å². The SMILES string of the molecule is Cc1cc(N(C)CCN(C)C)c(N)cc1Nc1nccc(-c2c3n(c4ccccc24)CC(O)C(O)C3)n1. The summed E-state index contributed by atoms with van der Waals surface area (Å²) >= 11 is 0. The van der Waals surface area contributed by atoms with Gasteiger partial charge in [0.15, 0.2) is 0 Å². The van der Waals surface area contributed by atoms with Gasteiger partial charge in [-0.1, -0.05) is 18.2 Å². The van der Waals surface area contributed by atoms with Gasteiger partial charge in [0.25, 0.3) is 0 Å². The van der Waals surface area contributed by atoms with Crippen LogP contribution in [0.15, 0.2) is 48.7 Å². The zero-order valence-corrected chi connectivity index (χ0v) is 21.8. The van der Waals surface area contributed by atoms with E-state index < -0.39 is 12.2 Å². The number of aliphatic hydroxyl groups excluding tert-OH is 2. The summed E-state index contributed by atoms with van der Waals surface area (Å²) in [4.78, 5) is 13.6. The fourth-order valence-corrected chi connectivity index (χ4v) is 5.03. The average molecular weight is 502 g/mol. The standard InChI is InChI=1S/C28H35N7O2/c1-17-13-23(34(4)12-11-33(2)3)19(29)14-21(17)32-28-30-10-9-20(31-28)27-18-7-5-6-8-22(18)35-16-26(37)25(36)15-24(27)35/h5-10,13-14,25-26,36-37H,11-12,15-16,29H2,1-4H3,(H,30,31,32). The van der Waals surface area contributed by atoms with E-state index in [9.17, 15) is 10.2 Å². The number of likely N-dealkylation sites (N-methyl/N-ethyl adjacent to an activating group) is 2. The first-order valence-electron chi connectivity index (χ1n) is 12.6. The number of fused-ring (bicyclic) bond motifs is 3. The summed E-state index contributed by atoms with van der Waals surface area (Å²) in [6.45, 7) is 4.20. The van der Waals surface area contributed by atoms with E-state index in [0.717, 1.165) is 57.9 Å².